The molecule has 5 nitrogen and oxygen atoms in total. The first-order valence-corrected chi connectivity index (χ1v) is 3.46. The third kappa shape index (κ3) is 4.34. The van der Waals surface area contributed by atoms with E-state index < -0.39 is 22.7 Å². The Balaban J connectivity index is 3.40. The van der Waals surface area contributed by atoms with E-state index in [0.29, 0.717) is 0 Å². The van der Waals surface area contributed by atoms with Crippen LogP contribution in [0.2, 0.25) is 0 Å². The Bertz CT molecular complexity index is 109. The lowest BCUT2D eigenvalue weighted by atomic mass is 11.8. The van der Waals surface area contributed by atoms with Gasteiger partial charge in [-0.3, -0.25) is 8.74 Å². The topological polar surface area (TPSA) is 72.8 Å². The van der Waals surface area contributed by atoms with Gasteiger partial charge in [0.25, 0.3) is 0 Å². The SMILES string of the molecule is COS(=O)OS(=O)O. The number of rotatable bonds is 3. The lowest BCUT2D eigenvalue weighted by Gasteiger charge is -1.89. The maximum atomic E-state index is 9.94. The van der Waals surface area contributed by atoms with Crippen molar-refractivity contribution < 1.29 is 20.8 Å². The molecule has 0 fully saturated rings. The van der Waals surface area contributed by atoms with Gasteiger partial charge in [0.1, 0.15) is 0 Å². The Morgan fingerprint density at radius 3 is 2.12 bits per heavy atom. The maximum absolute atomic E-state index is 9.94. The number of hydrogen-bond donors (Lipinski definition) is 1. The van der Waals surface area contributed by atoms with Crippen LogP contribution in [0.15, 0.2) is 0 Å². The fourth-order valence-electron chi connectivity index (χ4n) is 0.0753. The van der Waals surface area contributed by atoms with Crippen molar-refractivity contribution in [2.24, 2.45) is 0 Å². The van der Waals surface area contributed by atoms with Crippen LogP contribution in [0.3, 0.4) is 0 Å². The first-order valence-electron chi connectivity index (χ1n) is 1.42. The highest BCUT2D eigenvalue weighted by molar-refractivity contribution is 7.88. The summed E-state index contributed by atoms with van der Waals surface area (Å²) in [5, 5.41) is 0. The Kier molecular flexibility index (Phi) is 4.19. The van der Waals surface area contributed by atoms with E-state index in [9.17, 15) is 8.42 Å². The van der Waals surface area contributed by atoms with Gasteiger partial charge in [0.2, 0.25) is 0 Å². The van der Waals surface area contributed by atoms with E-state index in [4.69, 9.17) is 4.55 Å². The molecule has 0 amide bonds. The van der Waals surface area contributed by atoms with Gasteiger partial charge >= 0.3 is 22.7 Å². The molecule has 2 unspecified atom stereocenters. The molecule has 0 saturated heterocycles. The van der Waals surface area contributed by atoms with Crippen molar-refractivity contribution in [2.75, 3.05) is 7.11 Å². The summed E-state index contributed by atoms with van der Waals surface area (Å²) in [5.41, 5.74) is 0. The summed E-state index contributed by atoms with van der Waals surface area (Å²) in [6, 6.07) is 0. The average molecular weight is 160 g/mol. The van der Waals surface area contributed by atoms with Crippen LogP contribution < -0.4 is 0 Å². The summed E-state index contributed by atoms with van der Waals surface area (Å²) in [6.45, 7) is 0. The first-order chi connectivity index (χ1) is 3.66. The fourth-order valence-corrected chi connectivity index (χ4v) is 0.678. The van der Waals surface area contributed by atoms with Gasteiger partial charge in [0.05, 0.1) is 7.11 Å². The molecular weight excluding hydrogens is 156 g/mol. The Labute approximate surface area is 51.3 Å². The summed E-state index contributed by atoms with van der Waals surface area (Å²) in [7, 11) is 1.09. The molecule has 0 bridgehead atoms. The molecule has 0 aliphatic rings. The predicted octanol–water partition coefficient (Wildman–Crippen LogP) is -0.635. The zero-order valence-electron chi connectivity index (χ0n) is 3.90. The molecule has 0 rings (SSSR count). The van der Waals surface area contributed by atoms with Crippen molar-refractivity contribution in [3.05, 3.63) is 0 Å². The lowest BCUT2D eigenvalue weighted by molar-refractivity contribution is 0.375. The second-order valence-corrected chi connectivity index (χ2v) is 2.38. The van der Waals surface area contributed by atoms with Crippen molar-refractivity contribution >= 4 is 22.7 Å². The zero-order chi connectivity index (χ0) is 6.57. The van der Waals surface area contributed by atoms with Crippen LogP contribution >= 0.6 is 0 Å². The van der Waals surface area contributed by atoms with Crippen LogP contribution in [-0.2, 0) is 30.5 Å². The molecule has 7 heteroatoms. The van der Waals surface area contributed by atoms with Gasteiger partial charge in [-0.25, -0.2) is 0 Å². The van der Waals surface area contributed by atoms with Gasteiger partial charge in [-0.1, -0.05) is 0 Å². The van der Waals surface area contributed by atoms with E-state index in [-0.39, 0.29) is 0 Å². The first kappa shape index (κ1) is 8.18. The monoisotopic (exact) mass is 160 g/mol. The Morgan fingerprint density at radius 1 is 1.50 bits per heavy atom. The standard InChI is InChI=1S/CH4O5S2/c1-5-8(4)6-7(2)3/h1H3,(H,2,3). The van der Waals surface area contributed by atoms with E-state index in [1.54, 1.807) is 0 Å². The third-order valence-electron chi connectivity index (χ3n) is 0.250. The molecule has 0 radical (unpaired) electrons. The van der Waals surface area contributed by atoms with Gasteiger partial charge in [-0.15, -0.1) is 3.63 Å². The third-order valence-corrected chi connectivity index (χ3v) is 1.43. The van der Waals surface area contributed by atoms with Gasteiger partial charge < -0.3 is 0 Å². The smallest absolute Gasteiger partial charge is 0.283 e. The van der Waals surface area contributed by atoms with E-state index in [0.717, 1.165) is 7.11 Å². The van der Waals surface area contributed by atoms with Gasteiger partial charge in [0.15, 0.2) is 0 Å². The highest BCUT2D eigenvalue weighted by Gasteiger charge is 2.00. The molecule has 0 aromatic carbocycles. The van der Waals surface area contributed by atoms with Crippen molar-refractivity contribution in [2.45, 2.75) is 0 Å². The molecular formula is CH4O5S2. The van der Waals surface area contributed by atoms with E-state index >= 15 is 0 Å². The molecule has 0 aromatic heterocycles. The minimum Gasteiger partial charge on any atom is -0.283 e. The Hall–Kier alpha value is 0.180. The summed E-state index contributed by atoms with van der Waals surface area (Å²) >= 11 is -4.63. The van der Waals surface area contributed by atoms with Crippen LogP contribution in [0.1, 0.15) is 0 Å². The highest BCUT2D eigenvalue weighted by Crippen LogP contribution is 1.86. The van der Waals surface area contributed by atoms with Gasteiger partial charge in [-0.2, -0.15) is 8.42 Å². The van der Waals surface area contributed by atoms with E-state index in [2.05, 4.69) is 7.81 Å². The molecule has 0 aliphatic heterocycles. The summed E-state index contributed by atoms with van der Waals surface area (Å²) in [5.74, 6) is 0. The normalized spacial score (nSPS) is 17.8. The molecule has 50 valence electrons. The summed E-state index contributed by atoms with van der Waals surface area (Å²) in [6.07, 6.45) is 0. The molecule has 8 heavy (non-hydrogen) atoms. The zero-order valence-corrected chi connectivity index (χ0v) is 5.53. The second kappa shape index (κ2) is 4.10. The van der Waals surface area contributed by atoms with E-state index in [1.165, 1.54) is 0 Å². The van der Waals surface area contributed by atoms with E-state index in [1.807, 2.05) is 0 Å². The Morgan fingerprint density at radius 2 is 2.00 bits per heavy atom. The molecule has 0 saturated carbocycles. The van der Waals surface area contributed by atoms with Crippen molar-refractivity contribution in [3.8, 4) is 0 Å². The molecule has 0 aliphatic carbocycles. The largest absolute Gasteiger partial charge is 0.320 e. The maximum Gasteiger partial charge on any atom is 0.320 e. The van der Waals surface area contributed by atoms with Crippen LogP contribution in [0.5, 0.6) is 0 Å². The number of hydrogen-bond acceptors (Lipinski definition) is 4. The van der Waals surface area contributed by atoms with Crippen molar-refractivity contribution in [1.29, 1.82) is 0 Å². The van der Waals surface area contributed by atoms with Crippen LogP contribution in [0.4, 0.5) is 0 Å². The molecule has 0 aromatic rings. The summed E-state index contributed by atoms with van der Waals surface area (Å²) in [4.78, 5) is 0. The average Bonchev–Trinajstić information content (AvgIpc) is 1.65. The van der Waals surface area contributed by atoms with Gasteiger partial charge in [0, 0.05) is 0 Å². The lowest BCUT2D eigenvalue weighted by Crippen LogP contribution is -2.00. The highest BCUT2D eigenvalue weighted by atomic mass is 32.3. The van der Waals surface area contributed by atoms with Crippen LogP contribution in [0.25, 0.3) is 0 Å². The van der Waals surface area contributed by atoms with Crippen molar-refractivity contribution in [1.82, 2.24) is 0 Å². The molecule has 2 atom stereocenters. The van der Waals surface area contributed by atoms with Crippen LogP contribution in [-0.4, -0.2) is 20.1 Å². The minimum atomic E-state index is -2.52. The molecule has 1 N–H and O–H groups in total. The van der Waals surface area contributed by atoms with Crippen molar-refractivity contribution in [3.63, 3.8) is 0 Å². The predicted molar refractivity (Wildman–Crippen MR) is 27.0 cm³/mol. The quantitative estimate of drug-likeness (QED) is 0.556. The second-order valence-electron chi connectivity index (χ2n) is 0.656. The minimum absolute atomic E-state index is 1.09. The molecule has 0 heterocycles. The fraction of sp³-hybridized carbons (Fsp3) is 1.00. The summed E-state index contributed by atoms with van der Waals surface area (Å²) < 4.78 is 35.0. The molecule has 0 spiro atoms. The van der Waals surface area contributed by atoms with Crippen LogP contribution in [0, 0.1) is 0 Å². The van der Waals surface area contributed by atoms with Gasteiger partial charge in [-0.05, 0) is 0 Å².